The van der Waals surface area contributed by atoms with Gasteiger partial charge in [0.1, 0.15) is 6.10 Å². The number of ether oxygens (including phenoxy) is 2. The van der Waals surface area contributed by atoms with E-state index in [-0.39, 0.29) is 32.3 Å². The van der Waals surface area contributed by atoms with Crippen molar-refractivity contribution in [3.8, 4) is 0 Å². The quantitative estimate of drug-likeness (QED) is 0.0271. The van der Waals surface area contributed by atoms with E-state index in [0.29, 0.717) is 13.0 Å². The lowest BCUT2D eigenvalue weighted by Gasteiger charge is -2.20. The van der Waals surface area contributed by atoms with Crippen molar-refractivity contribution < 1.29 is 32.8 Å². The summed E-state index contributed by atoms with van der Waals surface area (Å²) in [6, 6.07) is 0. The number of phosphoric ester groups is 1. The van der Waals surface area contributed by atoms with Gasteiger partial charge in [0.25, 0.3) is 0 Å². The van der Waals surface area contributed by atoms with Crippen molar-refractivity contribution in [3.05, 3.63) is 12.2 Å². The molecule has 0 spiro atoms. The summed E-state index contributed by atoms with van der Waals surface area (Å²) in [5, 5.41) is 0. The van der Waals surface area contributed by atoms with E-state index in [0.717, 1.165) is 44.9 Å². The van der Waals surface area contributed by atoms with Crippen LogP contribution in [0.5, 0.6) is 0 Å². The van der Waals surface area contributed by atoms with Gasteiger partial charge in [-0.2, -0.15) is 0 Å². The molecule has 0 bridgehead atoms. The minimum absolute atomic E-state index is 0.0937. The van der Waals surface area contributed by atoms with E-state index >= 15 is 0 Å². The Bertz CT molecular complexity index is 843. The summed E-state index contributed by atoms with van der Waals surface area (Å²) in [7, 11) is -4.27. The molecule has 0 aromatic carbocycles. The maximum absolute atomic E-state index is 12.6. The molecule has 9 heteroatoms. The third-order valence-corrected chi connectivity index (χ3v) is 11.2. The Balaban J connectivity index is 3.90. The average molecular weight is 788 g/mol. The Morgan fingerprint density at radius 3 is 1.37 bits per heavy atom. The van der Waals surface area contributed by atoms with Crippen molar-refractivity contribution in [1.82, 2.24) is 0 Å². The monoisotopic (exact) mass is 788 g/mol. The normalized spacial score (nSPS) is 13.5. The lowest BCUT2D eigenvalue weighted by Crippen LogP contribution is -2.28. The molecular weight excluding hydrogens is 697 g/mol. The molecule has 322 valence electrons. The van der Waals surface area contributed by atoms with Gasteiger partial charge in [0.05, 0.1) is 19.8 Å². The molecule has 0 fully saturated rings. The van der Waals surface area contributed by atoms with Crippen molar-refractivity contribution in [2.75, 3.05) is 33.0 Å². The third-order valence-electron chi connectivity index (χ3n) is 10.2. The molecule has 0 aliphatic rings. The fourth-order valence-corrected chi connectivity index (χ4v) is 7.52. The third kappa shape index (κ3) is 42.4. The molecule has 2 unspecified atom stereocenters. The molecule has 0 aromatic heterocycles. The molecule has 0 aliphatic heterocycles. The van der Waals surface area contributed by atoms with E-state index < -0.39 is 13.9 Å². The number of unbranched alkanes of at least 4 members (excludes halogenated alkanes) is 30. The molecule has 54 heavy (non-hydrogen) atoms. The van der Waals surface area contributed by atoms with Gasteiger partial charge in [-0.1, -0.05) is 199 Å². The number of hydrogen-bond acceptors (Lipinski definition) is 7. The van der Waals surface area contributed by atoms with E-state index in [1.165, 1.54) is 167 Å². The molecule has 0 saturated heterocycles. The molecule has 0 rings (SSSR count). The first-order valence-electron chi connectivity index (χ1n) is 23.2. The number of carbonyl (C=O) groups is 1. The SMILES string of the molecule is CCCCCC/C=C\CCCCCCCC(=O)OC(COCCCCCCCCCCCCCCCCCCCCCCCC)COP(=O)(O)OCCN. The second-order valence-electron chi connectivity index (χ2n) is 15.6. The molecule has 0 aromatic rings. The maximum Gasteiger partial charge on any atom is 0.472 e. The fraction of sp³-hybridized carbons (Fsp3) is 0.933. The van der Waals surface area contributed by atoms with Crippen LogP contribution in [0.15, 0.2) is 12.2 Å². The molecule has 8 nitrogen and oxygen atoms in total. The maximum atomic E-state index is 12.6. The van der Waals surface area contributed by atoms with Crippen LogP contribution in [-0.2, 0) is 27.9 Å². The molecule has 0 saturated carbocycles. The van der Waals surface area contributed by atoms with Gasteiger partial charge in [-0.15, -0.1) is 0 Å². The molecule has 0 aliphatic carbocycles. The zero-order valence-electron chi connectivity index (χ0n) is 35.7. The number of nitrogens with two attached hydrogens (primary N) is 1. The fourth-order valence-electron chi connectivity index (χ4n) is 6.76. The predicted molar refractivity (Wildman–Crippen MR) is 229 cm³/mol. The molecule has 0 radical (unpaired) electrons. The number of esters is 1. The highest BCUT2D eigenvalue weighted by Gasteiger charge is 2.25. The van der Waals surface area contributed by atoms with E-state index in [2.05, 4.69) is 26.0 Å². The van der Waals surface area contributed by atoms with Crippen LogP contribution in [0.25, 0.3) is 0 Å². The van der Waals surface area contributed by atoms with E-state index in [1.807, 2.05) is 0 Å². The Morgan fingerprint density at radius 1 is 0.537 bits per heavy atom. The van der Waals surface area contributed by atoms with E-state index in [9.17, 15) is 14.3 Å². The minimum atomic E-state index is -4.27. The highest BCUT2D eigenvalue weighted by Crippen LogP contribution is 2.43. The summed E-state index contributed by atoms with van der Waals surface area (Å²) in [5.74, 6) is -0.335. The highest BCUT2D eigenvalue weighted by atomic mass is 31.2. The summed E-state index contributed by atoms with van der Waals surface area (Å²) in [4.78, 5) is 22.5. The lowest BCUT2D eigenvalue weighted by molar-refractivity contribution is -0.154. The number of allylic oxidation sites excluding steroid dienone is 2. The molecule has 3 N–H and O–H groups in total. The van der Waals surface area contributed by atoms with Gasteiger partial charge in [-0.05, 0) is 38.5 Å². The summed E-state index contributed by atoms with van der Waals surface area (Å²) >= 11 is 0. The molecule has 0 amide bonds. The van der Waals surface area contributed by atoms with E-state index in [4.69, 9.17) is 24.3 Å². The Hall–Kier alpha value is -0.760. The number of hydrogen-bond donors (Lipinski definition) is 2. The van der Waals surface area contributed by atoms with Gasteiger partial charge in [0, 0.05) is 19.6 Å². The summed E-state index contributed by atoms with van der Waals surface area (Å²) in [5.41, 5.74) is 5.37. The van der Waals surface area contributed by atoms with Gasteiger partial charge in [-0.3, -0.25) is 13.8 Å². The summed E-state index contributed by atoms with van der Waals surface area (Å²) in [6.07, 6.45) is 46.7. The second-order valence-corrected chi connectivity index (χ2v) is 17.1. The predicted octanol–water partition coefficient (Wildman–Crippen LogP) is 13.9. The average Bonchev–Trinajstić information content (AvgIpc) is 3.16. The van der Waals surface area contributed by atoms with Crippen LogP contribution in [0.1, 0.15) is 232 Å². The molecule has 0 heterocycles. The summed E-state index contributed by atoms with van der Waals surface area (Å²) < 4.78 is 33.5. The van der Waals surface area contributed by atoms with E-state index in [1.54, 1.807) is 0 Å². The van der Waals surface area contributed by atoms with Crippen LogP contribution in [0.4, 0.5) is 0 Å². The largest absolute Gasteiger partial charge is 0.472 e. The zero-order valence-corrected chi connectivity index (χ0v) is 36.6. The van der Waals surface area contributed by atoms with Crippen molar-refractivity contribution in [2.45, 2.75) is 238 Å². The Morgan fingerprint density at radius 2 is 0.926 bits per heavy atom. The van der Waals surface area contributed by atoms with Gasteiger partial charge in [-0.25, -0.2) is 4.57 Å². The Labute approximate surface area is 334 Å². The molecular formula is C45H90NO7P. The topological polar surface area (TPSA) is 117 Å². The first kappa shape index (κ1) is 53.2. The zero-order chi connectivity index (χ0) is 39.5. The van der Waals surface area contributed by atoms with Crippen LogP contribution in [0.3, 0.4) is 0 Å². The van der Waals surface area contributed by atoms with Gasteiger partial charge < -0.3 is 20.1 Å². The highest BCUT2D eigenvalue weighted by molar-refractivity contribution is 7.47. The van der Waals surface area contributed by atoms with Gasteiger partial charge in [0.2, 0.25) is 0 Å². The molecule has 2 atom stereocenters. The van der Waals surface area contributed by atoms with Crippen LogP contribution < -0.4 is 5.73 Å². The van der Waals surface area contributed by atoms with Crippen molar-refractivity contribution in [1.29, 1.82) is 0 Å². The van der Waals surface area contributed by atoms with Gasteiger partial charge in [0.15, 0.2) is 0 Å². The standard InChI is InChI=1S/C45H90NO7P/c1-3-5-7-9-11-13-15-17-18-19-20-21-22-23-24-25-27-29-31-33-35-37-40-50-42-44(43-52-54(48,49)51-41-39-46)53-45(47)38-36-34-32-30-28-26-16-14-12-10-8-6-4-2/h14,16,44H,3-13,15,17-43,46H2,1-2H3,(H,48,49)/b16-14-. The van der Waals surface area contributed by atoms with Crippen molar-refractivity contribution >= 4 is 13.8 Å². The number of carbonyl (C=O) groups excluding carboxylic acids is 1. The van der Waals surface area contributed by atoms with Crippen LogP contribution >= 0.6 is 7.82 Å². The van der Waals surface area contributed by atoms with Gasteiger partial charge >= 0.3 is 13.8 Å². The smallest absolute Gasteiger partial charge is 0.457 e. The minimum Gasteiger partial charge on any atom is -0.457 e. The first-order valence-corrected chi connectivity index (χ1v) is 24.7. The second kappa shape index (κ2) is 43.4. The summed E-state index contributed by atoms with van der Waals surface area (Å²) in [6.45, 7) is 4.94. The van der Waals surface area contributed by atoms with Crippen molar-refractivity contribution in [3.63, 3.8) is 0 Å². The van der Waals surface area contributed by atoms with Crippen LogP contribution in [0.2, 0.25) is 0 Å². The first-order chi connectivity index (χ1) is 26.4. The number of phosphoric acid groups is 1. The van der Waals surface area contributed by atoms with Crippen LogP contribution in [0, 0.1) is 0 Å². The Kier molecular flexibility index (Phi) is 42.8. The lowest BCUT2D eigenvalue weighted by atomic mass is 10.0. The number of rotatable bonds is 45. The van der Waals surface area contributed by atoms with Crippen LogP contribution in [-0.4, -0.2) is 49.9 Å². The van der Waals surface area contributed by atoms with Crippen molar-refractivity contribution in [2.24, 2.45) is 5.73 Å².